The highest BCUT2D eigenvalue weighted by Gasteiger charge is 2.56. The summed E-state index contributed by atoms with van der Waals surface area (Å²) in [5.41, 5.74) is -2.25. The first-order chi connectivity index (χ1) is 6.43. The molecule has 82 valence electrons. The van der Waals surface area contributed by atoms with Crippen LogP contribution in [-0.4, -0.2) is 55.8 Å². The van der Waals surface area contributed by atoms with E-state index < -0.39 is 35.4 Å². The SMILES string of the molecule is O=[N+]([O-])[C@H]1CC[C@H](O)[C@@H](O)[C@]1(O)CO. The van der Waals surface area contributed by atoms with Crippen LogP contribution in [-0.2, 0) is 0 Å². The Kier molecular flexibility index (Phi) is 3.05. The van der Waals surface area contributed by atoms with Crippen molar-refractivity contribution in [2.75, 3.05) is 6.61 Å². The molecule has 7 heteroatoms. The molecule has 0 spiro atoms. The van der Waals surface area contributed by atoms with E-state index in [1.807, 2.05) is 0 Å². The molecule has 1 aliphatic carbocycles. The van der Waals surface area contributed by atoms with Gasteiger partial charge in [-0.05, 0) is 6.42 Å². The molecular formula is C7H13NO6. The summed E-state index contributed by atoms with van der Waals surface area (Å²) in [6.45, 7) is -0.948. The Morgan fingerprint density at radius 3 is 2.43 bits per heavy atom. The number of hydrogen-bond acceptors (Lipinski definition) is 6. The largest absolute Gasteiger partial charge is 0.393 e. The number of nitrogens with zero attached hydrogens (tertiary/aromatic N) is 1. The van der Waals surface area contributed by atoms with Crippen LogP contribution in [0.25, 0.3) is 0 Å². The standard InChI is InChI=1S/C7H13NO6/c9-3-7(12)5(8(13)14)2-1-4(10)6(7)11/h4-6,9-12H,1-3H2/t4-,5-,6+,7-/m0/s1. The Hall–Kier alpha value is -0.760. The summed E-state index contributed by atoms with van der Waals surface area (Å²) in [7, 11) is 0. The van der Waals surface area contributed by atoms with Gasteiger partial charge in [0.15, 0.2) is 5.60 Å². The van der Waals surface area contributed by atoms with Gasteiger partial charge in [0.25, 0.3) is 0 Å². The van der Waals surface area contributed by atoms with Gasteiger partial charge in [-0.2, -0.15) is 0 Å². The minimum Gasteiger partial charge on any atom is -0.393 e. The van der Waals surface area contributed by atoms with Gasteiger partial charge in [0.1, 0.15) is 6.10 Å². The van der Waals surface area contributed by atoms with Gasteiger partial charge in [-0.25, -0.2) is 0 Å². The van der Waals surface area contributed by atoms with Gasteiger partial charge in [-0.1, -0.05) is 0 Å². The second kappa shape index (κ2) is 3.77. The maximum Gasteiger partial charge on any atom is 0.246 e. The van der Waals surface area contributed by atoms with E-state index in [-0.39, 0.29) is 12.8 Å². The summed E-state index contributed by atoms with van der Waals surface area (Å²) in [5.74, 6) is 0. The van der Waals surface area contributed by atoms with Gasteiger partial charge in [0.2, 0.25) is 6.04 Å². The molecule has 7 nitrogen and oxygen atoms in total. The van der Waals surface area contributed by atoms with E-state index in [1.165, 1.54) is 0 Å². The molecule has 0 aromatic rings. The van der Waals surface area contributed by atoms with E-state index in [4.69, 9.17) is 5.11 Å². The van der Waals surface area contributed by atoms with Crippen molar-refractivity contribution >= 4 is 0 Å². The summed E-state index contributed by atoms with van der Waals surface area (Å²) in [6.07, 6.45) is -2.95. The van der Waals surface area contributed by atoms with Crippen molar-refractivity contribution in [1.82, 2.24) is 0 Å². The zero-order valence-corrected chi connectivity index (χ0v) is 7.41. The number of aliphatic hydroxyl groups excluding tert-OH is 3. The van der Waals surface area contributed by atoms with Crippen molar-refractivity contribution in [3.8, 4) is 0 Å². The van der Waals surface area contributed by atoms with Crippen LogP contribution in [0.4, 0.5) is 0 Å². The third-order valence-electron chi connectivity index (χ3n) is 2.70. The lowest BCUT2D eigenvalue weighted by molar-refractivity contribution is -0.557. The van der Waals surface area contributed by atoms with Crippen LogP contribution in [0.5, 0.6) is 0 Å². The summed E-state index contributed by atoms with van der Waals surface area (Å²) >= 11 is 0. The van der Waals surface area contributed by atoms with E-state index in [0.29, 0.717) is 0 Å². The molecule has 0 radical (unpaired) electrons. The van der Waals surface area contributed by atoms with E-state index >= 15 is 0 Å². The van der Waals surface area contributed by atoms with Crippen LogP contribution in [0.2, 0.25) is 0 Å². The van der Waals surface area contributed by atoms with Crippen LogP contribution in [0.3, 0.4) is 0 Å². The fraction of sp³-hybridized carbons (Fsp3) is 1.00. The molecule has 0 saturated heterocycles. The van der Waals surface area contributed by atoms with Gasteiger partial charge in [-0.3, -0.25) is 10.1 Å². The predicted molar refractivity (Wildman–Crippen MR) is 44.1 cm³/mol. The summed E-state index contributed by atoms with van der Waals surface area (Å²) in [5, 5.41) is 47.6. The zero-order valence-electron chi connectivity index (χ0n) is 7.41. The van der Waals surface area contributed by atoms with Crippen LogP contribution in [0, 0.1) is 10.1 Å². The number of aliphatic hydroxyl groups is 4. The molecule has 4 atom stereocenters. The quantitative estimate of drug-likeness (QED) is 0.303. The first-order valence-corrected chi connectivity index (χ1v) is 4.26. The smallest absolute Gasteiger partial charge is 0.246 e. The highest BCUT2D eigenvalue weighted by Crippen LogP contribution is 2.30. The molecule has 1 rings (SSSR count). The fourth-order valence-electron chi connectivity index (χ4n) is 1.75. The molecule has 1 fully saturated rings. The second-order valence-corrected chi connectivity index (χ2v) is 3.54. The van der Waals surface area contributed by atoms with Crippen molar-refractivity contribution in [2.24, 2.45) is 0 Å². The average molecular weight is 207 g/mol. The molecule has 0 aliphatic heterocycles. The van der Waals surface area contributed by atoms with E-state index in [1.54, 1.807) is 0 Å². The molecule has 0 bridgehead atoms. The zero-order chi connectivity index (χ0) is 10.9. The lowest BCUT2D eigenvalue weighted by Crippen LogP contribution is -2.64. The third-order valence-corrected chi connectivity index (χ3v) is 2.70. The molecular weight excluding hydrogens is 194 g/mol. The van der Waals surface area contributed by atoms with Gasteiger partial charge >= 0.3 is 0 Å². The maximum atomic E-state index is 10.5. The van der Waals surface area contributed by atoms with Crippen molar-refractivity contribution in [1.29, 1.82) is 0 Å². The van der Waals surface area contributed by atoms with E-state index in [0.717, 1.165) is 0 Å². The first-order valence-electron chi connectivity index (χ1n) is 4.26. The molecule has 14 heavy (non-hydrogen) atoms. The Morgan fingerprint density at radius 1 is 1.43 bits per heavy atom. The Bertz CT molecular complexity index is 234. The molecule has 0 heterocycles. The number of rotatable bonds is 2. The monoisotopic (exact) mass is 207 g/mol. The van der Waals surface area contributed by atoms with Gasteiger partial charge < -0.3 is 20.4 Å². The molecule has 0 amide bonds. The fourth-order valence-corrected chi connectivity index (χ4v) is 1.75. The Morgan fingerprint density at radius 2 is 2.00 bits per heavy atom. The van der Waals surface area contributed by atoms with E-state index in [9.17, 15) is 25.4 Å². The van der Waals surface area contributed by atoms with Gasteiger partial charge in [-0.15, -0.1) is 0 Å². The predicted octanol–water partition coefficient (Wildman–Crippen LogP) is -2.13. The summed E-state index contributed by atoms with van der Waals surface area (Å²) in [6, 6.07) is -1.44. The van der Waals surface area contributed by atoms with Crippen molar-refractivity contribution in [3.63, 3.8) is 0 Å². The molecule has 1 saturated carbocycles. The maximum absolute atomic E-state index is 10.5. The third kappa shape index (κ3) is 1.59. The minimum atomic E-state index is -2.25. The highest BCUT2D eigenvalue weighted by atomic mass is 16.6. The summed E-state index contributed by atoms with van der Waals surface area (Å²) < 4.78 is 0. The average Bonchev–Trinajstić information content (AvgIpc) is 2.13. The van der Waals surface area contributed by atoms with Crippen molar-refractivity contribution in [2.45, 2.75) is 36.7 Å². The van der Waals surface area contributed by atoms with E-state index in [2.05, 4.69) is 0 Å². The molecule has 1 aliphatic rings. The van der Waals surface area contributed by atoms with Gasteiger partial charge in [0, 0.05) is 11.3 Å². The molecule has 0 aromatic heterocycles. The van der Waals surface area contributed by atoms with Crippen LogP contribution in [0.1, 0.15) is 12.8 Å². The Labute approximate surface area is 79.8 Å². The molecule has 4 N–H and O–H groups in total. The molecule has 0 aromatic carbocycles. The lowest BCUT2D eigenvalue weighted by Gasteiger charge is -2.39. The summed E-state index contributed by atoms with van der Waals surface area (Å²) in [4.78, 5) is 9.78. The minimum absolute atomic E-state index is 0.0368. The Balaban J connectivity index is 2.93. The number of hydrogen-bond donors (Lipinski definition) is 4. The highest BCUT2D eigenvalue weighted by molar-refractivity contribution is 5.00. The van der Waals surface area contributed by atoms with Gasteiger partial charge in [0.05, 0.1) is 12.7 Å². The van der Waals surface area contributed by atoms with Crippen LogP contribution < -0.4 is 0 Å². The molecule has 0 unspecified atom stereocenters. The topological polar surface area (TPSA) is 124 Å². The first kappa shape index (κ1) is 11.3. The van der Waals surface area contributed by atoms with Crippen LogP contribution >= 0.6 is 0 Å². The normalized spacial score (nSPS) is 43.6. The number of nitro groups is 1. The van der Waals surface area contributed by atoms with Crippen LogP contribution in [0.15, 0.2) is 0 Å². The van der Waals surface area contributed by atoms with Crippen molar-refractivity contribution in [3.05, 3.63) is 10.1 Å². The lowest BCUT2D eigenvalue weighted by atomic mass is 9.77. The second-order valence-electron chi connectivity index (χ2n) is 3.54. The van der Waals surface area contributed by atoms with Crippen molar-refractivity contribution < 1.29 is 25.3 Å².